The summed E-state index contributed by atoms with van der Waals surface area (Å²) in [4.78, 5) is 48.3. The van der Waals surface area contributed by atoms with Crippen molar-refractivity contribution in [3.8, 4) is 0 Å². The first kappa shape index (κ1) is 19.2. The third kappa shape index (κ3) is 5.44. The van der Waals surface area contributed by atoms with E-state index in [1.165, 1.54) is 6.20 Å². The maximum Gasteiger partial charge on any atom is 0.328 e. The third-order valence-electron chi connectivity index (χ3n) is 3.78. The summed E-state index contributed by atoms with van der Waals surface area (Å²) >= 11 is 0. The van der Waals surface area contributed by atoms with Gasteiger partial charge in [0, 0.05) is 12.3 Å². The van der Waals surface area contributed by atoms with E-state index in [1.54, 1.807) is 0 Å². The van der Waals surface area contributed by atoms with Gasteiger partial charge in [-0.25, -0.2) is 4.79 Å². The summed E-state index contributed by atoms with van der Waals surface area (Å²) in [5.74, 6) is -1.18. The van der Waals surface area contributed by atoms with Crippen molar-refractivity contribution in [2.24, 2.45) is 0 Å². The molecule has 0 aliphatic rings. The summed E-state index contributed by atoms with van der Waals surface area (Å²) in [5, 5.41) is 2.81. The molecule has 0 aliphatic carbocycles. The smallest absolute Gasteiger partial charge is 0.328 e. The number of ether oxygens (including phenoxy) is 1. The quantitative estimate of drug-likeness (QED) is 0.706. The Labute approximate surface area is 149 Å². The molecule has 1 amide bonds. The van der Waals surface area contributed by atoms with Gasteiger partial charge in [0.2, 0.25) is 0 Å². The number of aromatic amines is 1. The van der Waals surface area contributed by atoms with Crippen molar-refractivity contribution < 1.29 is 14.3 Å². The molecule has 1 aromatic carbocycles. The van der Waals surface area contributed by atoms with Crippen LogP contribution in [-0.2, 0) is 20.9 Å². The summed E-state index contributed by atoms with van der Waals surface area (Å²) < 4.78 is 5.88. The Balaban J connectivity index is 1.86. The number of rotatable bonds is 7. The third-order valence-corrected chi connectivity index (χ3v) is 3.78. The zero-order valence-electron chi connectivity index (χ0n) is 14.7. The van der Waals surface area contributed by atoms with Crippen molar-refractivity contribution in [1.82, 2.24) is 14.9 Å². The minimum atomic E-state index is -0.752. The molecule has 0 spiro atoms. The van der Waals surface area contributed by atoms with Gasteiger partial charge in [0.15, 0.2) is 6.61 Å². The predicted octanol–water partition coefficient (Wildman–Crippen LogP) is 0.656. The average molecular weight is 359 g/mol. The molecule has 2 aromatic rings. The van der Waals surface area contributed by atoms with Crippen LogP contribution in [0.3, 0.4) is 0 Å². The molecule has 0 fully saturated rings. The molecule has 1 heterocycles. The summed E-state index contributed by atoms with van der Waals surface area (Å²) in [6.07, 6.45) is 1.88. The van der Waals surface area contributed by atoms with Gasteiger partial charge < -0.3 is 10.1 Å². The lowest BCUT2D eigenvalue weighted by molar-refractivity contribution is -0.149. The van der Waals surface area contributed by atoms with Gasteiger partial charge in [0.1, 0.15) is 6.54 Å². The number of hydrogen-bond donors (Lipinski definition) is 2. The first-order chi connectivity index (χ1) is 12.4. The van der Waals surface area contributed by atoms with E-state index in [4.69, 9.17) is 4.74 Å². The summed E-state index contributed by atoms with van der Waals surface area (Å²) in [7, 11) is 0. The van der Waals surface area contributed by atoms with Crippen LogP contribution >= 0.6 is 0 Å². The van der Waals surface area contributed by atoms with Gasteiger partial charge in [0.05, 0.1) is 6.04 Å². The summed E-state index contributed by atoms with van der Waals surface area (Å²) in [6.45, 7) is 3.09. The lowest BCUT2D eigenvalue weighted by atomic mass is 10.0. The lowest BCUT2D eigenvalue weighted by Crippen LogP contribution is -2.34. The topological polar surface area (TPSA) is 110 Å². The summed E-state index contributed by atoms with van der Waals surface area (Å²) in [6, 6.07) is 8.76. The van der Waals surface area contributed by atoms with E-state index in [-0.39, 0.29) is 6.04 Å². The Morgan fingerprint density at radius 3 is 2.50 bits per heavy atom. The highest BCUT2D eigenvalue weighted by atomic mass is 16.5. The number of carbonyl (C=O) groups is 2. The number of aromatic nitrogens is 2. The number of nitrogens with zero attached hydrogens (tertiary/aromatic N) is 1. The van der Waals surface area contributed by atoms with Crippen LogP contribution in [0.4, 0.5) is 0 Å². The molecule has 0 unspecified atom stereocenters. The molecule has 0 radical (unpaired) electrons. The zero-order chi connectivity index (χ0) is 19.1. The van der Waals surface area contributed by atoms with Crippen LogP contribution < -0.4 is 16.6 Å². The normalized spacial score (nSPS) is 11.6. The van der Waals surface area contributed by atoms with Gasteiger partial charge in [-0.2, -0.15) is 0 Å². The molecular formula is C18H21N3O5. The van der Waals surface area contributed by atoms with Crippen molar-refractivity contribution in [3.63, 3.8) is 0 Å². The molecular weight excluding hydrogens is 338 g/mol. The number of H-pyrrole nitrogens is 1. The van der Waals surface area contributed by atoms with Crippen LogP contribution in [0.25, 0.3) is 0 Å². The first-order valence-electron chi connectivity index (χ1n) is 8.20. The van der Waals surface area contributed by atoms with E-state index in [1.807, 2.05) is 43.1 Å². The van der Waals surface area contributed by atoms with Crippen LogP contribution in [0, 0.1) is 6.92 Å². The molecule has 8 heteroatoms. The van der Waals surface area contributed by atoms with Crippen LogP contribution in [0.15, 0.2) is 46.1 Å². The maximum absolute atomic E-state index is 12.0. The van der Waals surface area contributed by atoms with E-state index < -0.39 is 36.3 Å². The Morgan fingerprint density at radius 1 is 1.19 bits per heavy atom. The van der Waals surface area contributed by atoms with E-state index in [9.17, 15) is 19.2 Å². The zero-order valence-corrected chi connectivity index (χ0v) is 14.7. The fourth-order valence-electron chi connectivity index (χ4n) is 2.36. The van der Waals surface area contributed by atoms with Crippen LogP contribution in [0.2, 0.25) is 0 Å². The van der Waals surface area contributed by atoms with Crippen molar-refractivity contribution in [2.45, 2.75) is 32.9 Å². The number of esters is 1. The number of aryl methyl sites for hydroxylation is 1. The van der Waals surface area contributed by atoms with Crippen molar-refractivity contribution in [3.05, 3.63) is 68.5 Å². The van der Waals surface area contributed by atoms with Gasteiger partial charge >= 0.3 is 11.7 Å². The highest BCUT2D eigenvalue weighted by molar-refractivity contribution is 5.80. The second-order valence-corrected chi connectivity index (χ2v) is 5.84. The predicted molar refractivity (Wildman–Crippen MR) is 94.6 cm³/mol. The maximum atomic E-state index is 12.0. The fourth-order valence-corrected chi connectivity index (χ4v) is 2.36. The molecule has 8 nitrogen and oxygen atoms in total. The Morgan fingerprint density at radius 2 is 1.88 bits per heavy atom. The minimum Gasteiger partial charge on any atom is -0.454 e. The van der Waals surface area contributed by atoms with E-state index in [0.29, 0.717) is 6.42 Å². The van der Waals surface area contributed by atoms with Gasteiger partial charge in [-0.1, -0.05) is 36.8 Å². The van der Waals surface area contributed by atoms with Crippen molar-refractivity contribution >= 4 is 11.9 Å². The molecule has 138 valence electrons. The van der Waals surface area contributed by atoms with E-state index >= 15 is 0 Å². The molecule has 0 aliphatic heterocycles. The van der Waals surface area contributed by atoms with E-state index in [2.05, 4.69) is 5.32 Å². The molecule has 26 heavy (non-hydrogen) atoms. The Bertz CT molecular complexity index is 883. The molecule has 0 bridgehead atoms. The van der Waals surface area contributed by atoms with Gasteiger partial charge in [0.25, 0.3) is 11.5 Å². The molecule has 0 saturated carbocycles. The Hall–Kier alpha value is -3.16. The van der Waals surface area contributed by atoms with Crippen LogP contribution in [-0.4, -0.2) is 28.0 Å². The van der Waals surface area contributed by atoms with Gasteiger partial charge in [-0.15, -0.1) is 0 Å². The lowest BCUT2D eigenvalue weighted by Gasteiger charge is -2.17. The van der Waals surface area contributed by atoms with Gasteiger partial charge in [-0.05, 0) is 18.9 Å². The van der Waals surface area contributed by atoms with Crippen molar-refractivity contribution in [1.29, 1.82) is 0 Å². The number of hydrogen-bond acceptors (Lipinski definition) is 5. The summed E-state index contributed by atoms with van der Waals surface area (Å²) in [5.41, 5.74) is 0.823. The number of benzene rings is 1. The van der Waals surface area contributed by atoms with Crippen LogP contribution in [0.1, 0.15) is 30.5 Å². The van der Waals surface area contributed by atoms with E-state index in [0.717, 1.165) is 21.8 Å². The highest BCUT2D eigenvalue weighted by Gasteiger charge is 2.14. The molecule has 0 saturated heterocycles. The highest BCUT2D eigenvalue weighted by Crippen LogP contribution is 2.16. The SMILES string of the molecule is CC[C@@H](NC(=O)COC(=O)Cn1ccc(=O)[nH]c1=O)c1ccc(C)cc1. The molecule has 2 N–H and O–H groups in total. The molecule has 1 atom stereocenters. The molecule has 1 aromatic heterocycles. The minimum absolute atomic E-state index is 0.177. The number of nitrogens with one attached hydrogen (secondary N) is 2. The number of carbonyl (C=O) groups excluding carboxylic acids is 2. The largest absolute Gasteiger partial charge is 0.454 e. The average Bonchev–Trinajstić information content (AvgIpc) is 2.61. The molecule has 2 rings (SSSR count). The monoisotopic (exact) mass is 359 g/mol. The second kappa shape index (κ2) is 8.80. The number of amides is 1. The second-order valence-electron chi connectivity index (χ2n) is 5.84. The first-order valence-corrected chi connectivity index (χ1v) is 8.20. The van der Waals surface area contributed by atoms with Gasteiger partial charge in [-0.3, -0.25) is 23.9 Å². The Kier molecular flexibility index (Phi) is 6.48. The van der Waals surface area contributed by atoms with Crippen molar-refractivity contribution in [2.75, 3.05) is 6.61 Å². The van der Waals surface area contributed by atoms with Crippen LogP contribution in [0.5, 0.6) is 0 Å². The fraction of sp³-hybridized carbons (Fsp3) is 0.333. The standard InChI is InChI=1S/C18H21N3O5/c1-3-14(13-6-4-12(2)5-7-13)19-16(23)11-26-17(24)10-21-9-8-15(22)20-18(21)25/h4-9,14H,3,10-11H2,1-2H3,(H,19,23)(H,20,22,25)/t14-/m1/s1.